The first-order valence-corrected chi connectivity index (χ1v) is 10.9. The lowest BCUT2D eigenvalue weighted by Gasteiger charge is -2.29. The zero-order valence-corrected chi connectivity index (χ0v) is 17.3. The molecule has 0 unspecified atom stereocenters. The highest BCUT2D eigenvalue weighted by Crippen LogP contribution is 2.40. The molecule has 0 radical (unpaired) electrons. The Labute approximate surface area is 183 Å². The van der Waals surface area contributed by atoms with Gasteiger partial charge in [0.2, 0.25) is 11.8 Å². The topological polar surface area (TPSA) is 82.9 Å². The molecule has 1 fully saturated rings. The van der Waals surface area contributed by atoms with Crippen molar-refractivity contribution in [2.45, 2.75) is 11.9 Å². The van der Waals surface area contributed by atoms with E-state index in [1.807, 2.05) is 36.4 Å². The number of nitrogens with one attached hydrogen (secondary N) is 1. The second-order valence-corrected chi connectivity index (χ2v) is 8.41. The van der Waals surface area contributed by atoms with Crippen LogP contribution < -0.4 is 10.2 Å². The van der Waals surface area contributed by atoms with E-state index >= 15 is 0 Å². The summed E-state index contributed by atoms with van der Waals surface area (Å²) in [5.41, 5.74) is 2.73. The molecule has 3 aromatic rings. The van der Waals surface area contributed by atoms with Crippen molar-refractivity contribution in [2.24, 2.45) is 0 Å². The Hall–Kier alpha value is -3.52. The summed E-state index contributed by atoms with van der Waals surface area (Å²) < 4.78 is 5.40. The minimum atomic E-state index is -0.239. The van der Waals surface area contributed by atoms with Gasteiger partial charge in [-0.3, -0.25) is 19.3 Å². The highest BCUT2D eigenvalue weighted by atomic mass is 32.2. The predicted octanol–water partition coefficient (Wildman–Crippen LogP) is 3.65. The van der Waals surface area contributed by atoms with Gasteiger partial charge in [-0.2, -0.15) is 0 Å². The fourth-order valence-corrected chi connectivity index (χ4v) is 5.02. The third-order valence-electron chi connectivity index (χ3n) is 5.33. The van der Waals surface area contributed by atoms with E-state index in [0.717, 1.165) is 11.3 Å². The van der Waals surface area contributed by atoms with E-state index in [4.69, 9.17) is 4.42 Å². The van der Waals surface area contributed by atoms with E-state index in [1.165, 1.54) is 4.90 Å². The number of carbonyl (C=O) groups is 3. The van der Waals surface area contributed by atoms with Gasteiger partial charge in [0.05, 0.1) is 29.9 Å². The average molecular weight is 433 g/mol. The fraction of sp³-hybridized carbons (Fsp3) is 0.174. The highest BCUT2D eigenvalue weighted by Gasteiger charge is 2.34. The second-order valence-electron chi connectivity index (χ2n) is 7.34. The maximum Gasteiger partial charge on any atom is 0.258 e. The number of benzene rings is 2. The summed E-state index contributed by atoms with van der Waals surface area (Å²) in [7, 11) is 0. The molecule has 2 aliphatic rings. The zero-order valence-electron chi connectivity index (χ0n) is 16.5. The van der Waals surface area contributed by atoms with Crippen LogP contribution in [0.5, 0.6) is 0 Å². The van der Waals surface area contributed by atoms with Gasteiger partial charge in [0.1, 0.15) is 17.7 Å². The summed E-state index contributed by atoms with van der Waals surface area (Å²) in [6.45, 7) is 0.380. The van der Waals surface area contributed by atoms with Crippen LogP contribution in [0.3, 0.4) is 0 Å². The molecule has 2 aromatic carbocycles. The van der Waals surface area contributed by atoms with E-state index in [0.29, 0.717) is 29.2 Å². The maximum absolute atomic E-state index is 13.1. The lowest BCUT2D eigenvalue weighted by molar-refractivity contribution is -0.128. The van der Waals surface area contributed by atoms with Crippen LogP contribution in [-0.4, -0.2) is 34.9 Å². The monoisotopic (exact) mass is 433 g/mol. The Balaban J connectivity index is 1.37. The van der Waals surface area contributed by atoms with Crippen LogP contribution >= 0.6 is 11.8 Å². The van der Waals surface area contributed by atoms with E-state index < -0.39 is 0 Å². The molecule has 0 aliphatic carbocycles. The van der Waals surface area contributed by atoms with Crippen molar-refractivity contribution in [3.63, 3.8) is 0 Å². The van der Waals surface area contributed by atoms with Crippen molar-refractivity contribution in [1.29, 1.82) is 0 Å². The molecule has 156 valence electrons. The van der Waals surface area contributed by atoms with Gasteiger partial charge in [-0.15, -0.1) is 11.8 Å². The summed E-state index contributed by atoms with van der Waals surface area (Å²) in [4.78, 5) is 40.8. The molecule has 3 heterocycles. The van der Waals surface area contributed by atoms with Crippen LogP contribution in [0.4, 0.5) is 11.4 Å². The first kappa shape index (κ1) is 19.4. The van der Waals surface area contributed by atoms with Crippen LogP contribution in [0.1, 0.15) is 27.1 Å². The number of amides is 3. The standard InChI is InChI=1S/C23H19N3O4S/c27-20-13-25(19-6-2-1-5-18(19)24-20)22(29)15-7-9-16(10-8-15)23-26(21(28)14-31-23)12-17-4-3-11-30-17/h1-11,23H,12-14H2,(H,24,27)/t23-/m1/s1. The smallest absolute Gasteiger partial charge is 0.258 e. The Morgan fingerprint density at radius 3 is 2.65 bits per heavy atom. The number of nitrogens with zero attached hydrogens (tertiary/aromatic N) is 2. The number of hydrogen-bond acceptors (Lipinski definition) is 5. The SMILES string of the molecule is O=C1CN(C(=O)c2ccc([C@H]3SCC(=O)N3Cc3ccco3)cc2)c2ccccc2N1. The normalized spacial score (nSPS) is 18.1. The molecular weight excluding hydrogens is 414 g/mol. The first-order valence-electron chi connectivity index (χ1n) is 9.84. The molecular formula is C23H19N3O4S. The molecule has 1 atom stereocenters. The van der Waals surface area contributed by atoms with Crippen molar-refractivity contribution in [2.75, 3.05) is 22.5 Å². The third kappa shape index (κ3) is 3.70. The van der Waals surface area contributed by atoms with Gasteiger partial charge < -0.3 is 14.6 Å². The fourth-order valence-electron chi connectivity index (χ4n) is 3.83. The zero-order chi connectivity index (χ0) is 21.4. The van der Waals surface area contributed by atoms with Crippen molar-refractivity contribution >= 4 is 40.9 Å². The highest BCUT2D eigenvalue weighted by molar-refractivity contribution is 8.00. The number of furan rings is 1. The van der Waals surface area contributed by atoms with Gasteiger partial charge in [-0.05, 0) is 42.0 Å². The van der Waals surface area contributed by atoms with E-state index in [9.17, 15) is 14.4 Å². The average Bonchev–Trinajstić information content (AvgIpc) is 3.43. The summed E-state index contributed by atoms with van der Waals surface area (Å²) in [5.74, 6) is 0.734. The number of thioether (sulfide) groups is 1. The van der Waals surface area contributed by atoms with Crippen LogP contribution in [0.2, 0.25) is 0 Å². The van der Waals surface area contributed by atoms with Gasteiger partial charge in [0.15, 0.2) is 0 Å². The van der Waals surface area contributed by atoms with Crippen molar-refractivity contribution in [3.8, 4) is 0 Å². The number of carbonyl (C=O) groups excluding carboxylic acids is 3. The van der Waals surface area contributed by atoms with Crippen molar-refractivity contribution < 1.29 is 18.8 Å². The molecule has 2 aliphatic heterocycles. The van der Waals surface area contributed by atoms with Crippen LogP contribution in [0.25, 0.3) is 0 Å². The van der Waals surface area contributed by atoms with Gasteiger partial charge in [0, 0.05) is 5.56 Å². The number of hydrogen-bond donors (Lipinski definition) is 1. The molecule has 7 nitrogen and oxygen atoms in total. The van der Waals surface area contributed by atoms with Gasteiger partial charge in [0.25, 0.3) is 5.91 Å². The molecule has 8 heteroatoms. The molecule has 0 bridgehead atoms. The molecule has 5 rings (SSSR count). The minimum absolute atomic E-state index is 0.0263. The van der Waals surface area contributed by atoms with E-state index in [1.54, 1.807) is 47.2 Å². The summed E-state index contributed by atoms with van der Waals surface area (Å²) in [5, 5.41) is 2.65. The summed E-state index contributed by atoms with van der Waals surface area (Å²) >= 11 is 1.55. The molecule has 1 aromatic heterocycles. The largest absolute Gasteiger partial charge is 0.467 e. The molecule has 0 spiro atoms. The molecule has 0 saturated carbocycles. The minimum Gasteiger partial charge on any atom is -0.467 e. The maximum atomic E-state index is 13.1. The Bertz CT molecular complexity index is 1140. The summed E-state index contributed by atoms with van der Waals surface area (Å²) in [6, 6.07) is 18.1. The van der Waals surface area contributed by atoms with Crippen molar-refractivity contribution in [3.05, 3.63) is 83.8 Å². The van der Waals surface area contributed by atoms with Crippen LogP contribution in [-0.2, 0) is 16.1 Å². The molecule has 1 saturated heterocycles. The Kier molecular flexibility index (Phi) is 4.99. The molecule has 31 heavy (non-hydrogen) atoms. The van der Waals surface area contributed by atoms with Crippen LogP contribution in [0.15, 0.2) is 71.3 Å². The lowest BCUT2D eigenvalue weighted by Crippen LogP contribution is -2.42. The Morgan fingerprint density at radius 2 is 1.87 bits per heavy atom. The number of rotatable bonds is 4. The van der Waals surface area contributed by atoms with Gasteiger partial charge in [-0.25, -0.2) is 0 Å². The van der Waals surface area contributed by atoms with Gasteiger partial charge >= 0.3 is 0 Å². The van der Waals surface area contributed by atoms with E-state index in [2.05, 4.69) is 5.32 Å². The predicted molar refractivity (Wildman–Crippen MR) is 118 cm³/mol. The second kappa shape index (κ2) is 7.96. The number of fused-ring (bicyclic) bond motifs is 1. The first-order chi connectivity index (χ1) is 15.1. The van der Waals surface area contributed by atoms with E-state index in [-0.39, 0.29) is 29.6 Å². The number of para-hydroxylation sites is 2. The summed E-state index contributed by atoms with van der Waals surface area (Å²) in [6.07, 6.45) is 1.59. The molecule has 1 N–H and O–H groups in total. The third-order valence-corrected chi connectivity index (χ3v) is 6.59. The van der Waals surface area contributed by atoms with Gasteiger partial charge in [-0.1, -0.05) is 24.3 Å². The van der Waals surface area contributed by atoms with Crippen molar-refractivity contribution in [1.82, 2.24) is 4.90 Å². The van der Waals surface area contributed by atoms with Crippen LogP contribution in [0, 0.1) is 0 Å². The Morgan fingerprint density at radius 1 is 1.06 bits per heavy atom. The molecule has 3 amide bonds. The quantitative estimate of drug-likeness (QED) is 0.679. The number of anilines is 2. The lowest BCUT2D eigenvalue weighted by atomic mass is 10.1.